The van der Waals surface area contributed by atoms with Gasteiger partial charge in [0.1, 0.15) is 11.5 Å². The normalized spacial score (nSPS) is 11.9. The molecular formula is C13H13N5O2S. The van der Waals surface area contributed by atoms with Gasteiger partial charge >= 0.3 is 0 Å². The fourth-order valence-corrected chi connectivity index (χ4v) is 2.74. The molecule has 3 aromatic rings. The molecule has 0 bridgehead atoms. The van der Waals surface area contributed by atoms with Crippen LogP contribution in [0, 0.1) is 0 Å². The summed E-state index contributed by atoms with van der Waals surface area (Å²) < 4.78 is 22.8. The molecule has 108 valence electrons. The van der Waals surface area contributed by atoms with Crippen LogP contribution >= 0.6 is 0 Å². The van der Waals surface area contributed by atoms with Gasteiger partial charge in [-0.05, 0) is 12.1 Å². The van der Waals surface area contributed by atoms with E-state index in [0.29, 0.717) is 17.1 Å². The number of hydrogen-bond acceptors (Lipinski definition) is 6. The van der Waals surface area contributed by atoms with Crippen molar-refractivity contribution in [1.82, 2.24) is 19.9 Å². The second-order valence-corrected chi connectivity index (χ2v) is 6.96. The van der Waals surface area contributed by atoms with E-state index in [-0.39, 0.29) is 11.6 Å². The summed E-state index contributed by atoms with van der Waals surface area (Å²) >= 11 is 0. The molecule has 3 rings (SSSR count). The Morgan fingerprint density at radius 3 is 2.86 bits per heavy atom. The van der Waals surface area contributed by atoms with Crippen molar-refractivity contribution in [3.8, 4) is 11.4 Å². The molecule has 7 nitrogen and oxygen atoms in total. The van der Waals surface area contributed by atoms with E-state index in [1.807, 2.05) is 12.1 Å². The molecule has 8 heteroatoms. The molecule has 0 saturated heterocycles. The SMILES string of the molecule is CS(=O)(=O)Cc1cc(N)nc(-c2cnc3[nH]ccc3c2)n1. The molecule has 0 aliphatic carbocycles. The fraction of sp³-hybridized carbons (Fsp3) is 0.154. The van der Waals surface area contributed by atoms with Gasteiger partial charge in [-0.25, -0.2) is 23.4 Å². The first kappa shape index (κ1) is 13.5. The number of nitrogen functional groups attached to an aromatic ring is 1. The van der Waals surface area contributed by atoms with Gasteiger partial charge in [0.25, 0.3) is 0 Å². The lowest BCUT2D eigenvalue weighted by Gasteiger charge is -2.05. The van der Waals surface area contributed by atoms with Crippen molar-refractivity contribution in [3.63, 3.8) is 0 Å². The standard InChI is InChI=1S/C13H13N5O2S/c1-21(19,20)7-10-5-11(14)18-13(17-10)9-4-8-2-3-15-12(8)16-6-9/h2-6H,7H2,1H3,(H,15,16)(H2,14,17,18). The van der Waals surface area contributed by atoms with E-state index >= 15 is 0 Å². The minimum absolute atomic E-state index is 0.174. The maximum Gasteiger partial charge on any atom is 0.163 e. The molecule has 3 N–H and O–H groups in total. The van der Waals surface area contributed by atoms with Crippen molar-refractivity contribution in [2.75, 3.05) is 12.0 Å². The molecule has 3 heterocycles. The molecule has 0 atom stereocenters. The summed E-state index contributed by atoms with van der Waals surface area (Å²) in [7, 11) is -3.19. The molecule has 0 radical (unpaired) electrons. The topological polar surface area (TPSA) is 115 Å². The number of pyridine rings is 1. The Hall–Kier alpha value is -2.48. The quantitative estimate of drug-likeness (QED) is 0.750. The third kappa shape index (κ3) is 3.00. The van der Waals surface area contributed by atoms with E-state index < -0.39 is 9.84 Å². The van der Waals surface area contributed by atoms with Gasteiger partial charge < -0.3 is 10.7 Å². The zero-order valence-electron chi connectivity index (χ0n) is 11.2. The predicted molar refractivity (Wildman–Crippen MR) is 80.1 cm³/mol. The highest BCUT2D eigenvalue weighted by atomic mass is 32.2. The predicted octanol–water partition coefficient (Wildman–Crippen LogP) is 1.15. The second-order valence-electron chi connectivity index (χ2n) is 4.82. The number of aromatic nitrogens is 4. The van der Waals surface area contributed by atoms with Crippen LogP contribution < -0.4 is 5.73 Å². The first-order valence-corrected chi connectivity index (χ1v) is 8.21. The van der Waals surface area contributed by atoms with E-state index in [1.165, 1.54) is 6.07 Å². The van der Waals surface area contributed by atoms with E-state index in [0.717, 1.165) is 17.3 Å². The zero-order chi connectivity index (χ0) is 15.0. The molecular weight excluding hydrogens is 290 g/mol. The first-order valence-electron chi connectivity index (χ1n) is 6.15. The number of nitrogens with zero attached hydrogens (tertiary/aromatic N) is 3. The van der Waals surface area contributed by atoms with Crippen LogP contribution in [0.4, 0.5) is 5.82 Å². The van der Waals surface area contributed by atoms with Crippen LogP contribution in [0.5, 0.6) is 0 Å². The van der Waals surface area contributed by atoms with Gasteiger partial charge in [-0.2, -0.15) is 0 Å². The van der Waals surface area contributed by atoms with Crippen molar-refractivity contribution >= 4 is 26.7 Å². The highest BCUT2D eigenvalue weighted by Gasteiger charge is 2.11. The van der Waals surface area contributed by atoms with Crippen molar-refractivity contribution in [3.05, 3.63) is 36.3 Å². The van der Waals surface area contributed by atoms with Gasteiger partial charge in [0, 0.05) is 35.7 Å². The fourth-order valence-electron chi connectivity index (χ4n) is 2.05. The van der Waals surface area contributed by atoms with Crippen molar-refractivity contribution < 1.29 is 8.42 Å². The molecule has 0 aromatic carbocycles. The minimum atomic E-state index is -3.19. The van der Waals surface area contributed by atoms with Gasteiger partial charge in [0.2, 0.25) is 0 Å². The van der Waals surface area contributed by atoms with Crippen LogP contribution in [0.1, 0.15) is 5.69 Å². The van der Waals surface area contributed by atoms with Crippen molar-refractivity contribution in [2.45, 2.75) is 5.75 Å². The number of nitrogens with one attached hydrogen (secondary N) is 1. The number of fused-ring (bicyclic) bond motifs is 1. The van der Waals surface area contributed by atoms with Crippen LogP contribution in [0.2, 0.25) is 0 Å². The van der Waals surface area contributed by atoms with Crippen molar-refractivity contribution in [1.29, 1.82) is 0 Å². The van der Waals surface area contributed by atoms with Gasteiger partial charge in [-0.15, -0.1) is 0 Å². The number of aromatic amines is 1. The number of nitrogens with two attached hydrogens (primary N) is 1. The smallest absolute Gasteiger partial charge is 0.163 e. The molecule has 21 heavy (non-hydrogen) atoms. The Labute approximate surface area is 121 Å². The Balaban J connectivity index is 2.08. The first-order chi connectivity index (χ1) is 9.90. The lowest BCUT2D eigenvalue weighted by atomic mass is 10.2. The molecule has 0 aliphatic heterocycles. The summed E-state index contributed by atoms with van der Waals surface area (Å²) in [4.78, 5) is 15.7. The average Bonchev–Trinajstić information content (AvgIpc) is 2.82. The Bertz CT molecular complexity index is 917. The highest BCUT2D eigenvalue weighted by molar-refractivity contribution is 7.89. The van der Waals surface area contributed by atoms with Crippen LogP contribution in [0.15, 0.2) is 30.6 Å². The molecule has 3 aromatic heterocycles. The largest absolute Gasteiger partial charge is 0.384 e. The van der Waals surface area contributed by atoms with E-state index in [4.69, 9.17) is 5.73 Å². The summed E-state index contributed by atoms with van der Waals surface area (Å²) in [5, 5.41) is 0.920. The van der Waals surface area contributed by atoms with Crippen LogP contribution in [-0.4, -0.2) is 34.6 Å². The summed E-state index contributed by atoms with van der Waals surface area (Å²) in [5.41, 5.74) is 7.55. The molecule has 0 fully saturated rings. The van der Waals surface area contributed by atoms with E-state index in [9.17, 15) is 8.42 Å². The van der Waals surface area contributed by atoms with Crippen molar-refractivity contribution in [2.24, 2.45) is 0 Å². The molecule has 0 aliphatic rings. The molecule has 0 unspecified atom stereocenters. The number of sulfone groups is 1. The molecule has 0 saturated carbocycles. The zero-order valence-corrected chi connectivity index (χ0v) is 12.1. The monoisotopic (exact) mass is 303 g/mol. The average molecular weight is 303 g/mol. The highest BCUT2D eigenvalue weighted by Crippen LogP contribution is 2.20. The Kier molecular flexibility index (Phi) is 3.09. The maximum atomic E-state index is 11.4. The van der Waals surface area contributed by atoms with E-state index in [1.54, 1.807) is 12.4 Å². The maximum absolute atomic E-state index is 11.4. The summed E-state index contributed by atoms with van der Waals surface area (Å²) in [6.07, 6.45) is 4.56. The number of hydrogen-bond donors (Lipinski definition) is 2. The van der Waals surface area contributed by atoms with Gasteiger partial charge in [-0.3, -0.25) is 0 Å². The van der Waals surface area contributed by atoms with Crippen LogP contribution in [0.3, 0.4) is 0 Å². The van der Waals surface area contributed by atoms with Gasteiger partial charge in [-0.1, -0.05) is 0 Å². The third-order valence-corrected chi connectivity index (χ3v) is 3.69. The minimum Gasteiger partial charge on any atom is -0.384 e. The van der Waals surface area contributed by atoms with Crippen LogP contribution in [-0.2, 0) is 15.6 Å². The Morgan fingerprint density at radius 2 is 2.10 bits per heavy atom. The summed E-state index contributed by atoms with van der Waals surface area (Å²) in [6.45, 7) is 0. The Morgan fingerprint density at radius 1 is 1.29 bits per heavy atom. The van der Waals surface area contributed by atoms with E-state index in [2.05, 4.69) is 19.9 Å². The van der Waals surface area contributed by atoms with Gasteiger partial charge in [0.15, 0.2) is 15.7 Å². The third-order valence-electron chi connectivity index (χ3n) is 2.87. The lowest BCUT2D eigenvalue weighted by Crippen LogP contribution is -2.06. The number of H-pyrrole nitrogens is 1. The molecule has 0 spiro atoms. The lowest BCUT2D eigenvalue weighted by molar-refractivity contribution is 0.600. The number of rotatable bonds is 3. The summed E-state index contributed by atoms with van der Waals surface area (Å²) in [5.74, 6) is 0.420. The molecule has 0 amide bonds. The summed E-state index contributed by atoms with van der Waals surface area (Å²) in [6, 6.07) is 5.22. The van der Waals surface area contributed by atoms with Gasteiger partial charge in [0.05, 0.1) is 11.4 Å². The second kappa shape index (κ2) is 4.81. The number of anilines is 1. The van der Waals surface area contributed by atoms with Crippen LogP contribution in [0.25, 0.3) is 22.4 Å².